The molecule has 0 spiro atoms. The van der Waals surface area contributed by atoms with Gasteiger partial charge in [-0.2, -0.15) is 0 Å². The molecule has 0 aromatic heterocycles. The minimum atomic E-state index is -0.808. The summed E-state index contributed by atoms with van der Waals surface area (Å²) in [5.41, 5.74) is 7.28. The van der Waals surface area contributed by atoms with Crippen LogP contribution in [0.4, 0.5) is 5.69 Å². The topological polar surface area (TPSA) is 81.4 Å². The van der Waals surface area contributed by atoms with Gasteiger partial charge in [-0.15, -0.1) is 0 Å². The zero-order chi connectivity index (χ0) is 15.2. The van der Waals surface area contributed by atoms with Gasteiger partial charge in [0, 0.05) is 0 Å². The number of rotatable bonds is 4. The summed E-state index contributed by atoms with van der Waals surface area (Å²) in [5, 5.41) is 2.66. The largest absolute Gasteiger partial charge is 0.465 e. The number of esters is 1. The lowest BCUT2D eigenvalue weighted by Gasteiger charge is -2.14. The molecule has 0 unspecified atom stereocenters. The molecular formula is C16H16N2O3. The smallest absolute Gasteiger partial charge is 0.339 e. The highest BCUT2D eigenvalue weighted by Gasteiger charge is 2.18. The van der Waals surface area contributed by atoms with Crippen LogP contribution in [0.2, 0.25) is 0 Å². The highest BCUT2D eigenvalue weighted by atomic mass is 16.5. The van der Waals surface area contributed by atoms with Crippen LogP contribution in [0.15, 0.2) is 54.6 Å². The van der Waals surface area contributed by atoms with Crippen molar-refractivity contribution in [1.82, 2.24) is 0 Å². The first-order valence-electron chi connectivity index (χ1n) is 6.42. The maximum atomic E-state index is 12.2. The number of benzene rings is 2. The molecule has 0 aliphatic carbocycles. The first kappa shape index (κ1) is 14.7. The summed E-state index contributed by atoms with van der Waals surface area (Å²) < 4.78 is 4.68. The molecule has 5 nitrogen and oxygen atoms in total. The van der Waals surface area contributed by atoms with Crippen LogP contribution in [-0.4, -0.2) is 19.0 Å². The van der Waals surface area contributed by atoms with E-state index >= 15 is 0 Å². The zero-order valence-corrected chi connectivity index (χ0v) is 11.6. The lowest BCUT2D eigenvalue weighted by atomic mass is 10.1. The SMILES string of the molecule is COC(=O)c1ccccc1NC(=O)[C@H](N)c1ccccc1. The Morgan fingerprint density at radius 2 is 1.67 bits per heavy atom. The predicted octanol–water partition coefficient (Wildman–Crippen LogP) is 2.11. The molecule has 0 aliphatic heterocycles. The zero-order valence-electron chi connectivity index (χ0n) is 11.6. The van der Waals surface area contributed by atoms with Gasteiger partial charge in [0.25, 0.3) is 0 Å². The number of hydrogen-bond donors (Lipinski definition) is 2. The van der Waals surface area contributed by atoms with Crippen molar-refractivity contribution in [2.75, 3.05) is 12.4 Å². The average molecular weight is 284 g/mol. The predicted molar refractivity (Wildman–Crippen MR) is 79.8 cm³/mol. The fourth-order valence-electron chi connectivity index (χ4n) is 1.90. The summed E-state index contributed by atoms with van der Waals surface area (Å²) >= 11 is 0. The van der Waals surface area contributed by atoms with Crippen LogP contribution in [0.5, 0.6) is 0 Å². The van der Waals surface area contributed by atoms with Crippen LogP contribution < -0.4 is 11.1 Å². The van der Waals surface area contributed by atoms with Gasteiger partial charge in [-0.25, -0.2) is 4.79 Å². The Bertz CT molecular complexity index is 641. The second-order valence-corrected chi connectivity index (χ2v) is 4.41. The lowest BCUT2D eigenvalue weighted by molar-refractivity contribution is -0.117. The molecule has 0 aliphatic rings. The number of para-hydroxylation sites is 1. The Kier molecular flexibility index (Phi) is 4.68. The van der Waals surface area contributed by atoms with Gasteiger partial charge in [-0.1, -0.05) is 42.5 Å². The van der Waals surface area contributed by atoms with Gasteiger partial charge in [0.1, 0.15) is 6.04 Å². The third-order valence-corrected chi connectivity index (χ3v) is 3.03. The lowest BCUT2D eigenvalue weighted by Crippen LogP contribution is -2.28. The van der Waals surface area contributed by atoms with Crippen LogP contribution in [0, 0.1) is 0 Å². The number of nitrogens with one attached hydrogen (secondary N) is 1. The van der Waals surface area contributed by atoms with Gasteiger partial charge in [0.15, 0.2) is 0 Å². The van der Waals surface area contributed by atoms with Crippen LogP contribution in [0.25, 0.3) is 0 Å². The van der Waals surface area contributed by atoms with Gasteiger partial charge in [-0.05, 0) is 17.7 Å². The Morgan fingerprint density at radius 3 is 2.33 bits per heavy atom. The van der Waals surface area contributed by atoms with E-state index in [0.29, 0.717) is 11.3 Å². The first-order chi connectivity index (χ1) is 10.1. The van der Waals surface area contributed by atoms with E-state index in [2.05, 4.69) is 10.1 Å². The van der Waals surface area contributed by atoms with Crippen molar-refractivity contribution >= 4 is 17.6 Å². The second kappa shape index (κ2) is 6.67. The van der Waals surface area contributed by atoms with Crippen LogP contribution in [0.3, 0.4) is 0 Å². The van der Waals surface area contributed by atoms with Gasteiger partial charge in [0.05, 0.1) is 18.4 Å². The third-order valence-electron chi connectivity index (χ3n) is 3.03. The van der Waals surface area contributed by atoms with Crippen LogP contribution in [-0.2, 0) is 9.53 Å². The molecule has 108 valence electrons. The third kappa shape index (κ3) is 3.46. The van der Waals surface area contributed by atoms with E-state index in [4.69, 9.17) is 5.73 Å². The molecule has 5 heteroatoms. The standard InChI is InChI=1S/C16H16N2O3/c1-21-16(20)12-9-5-6-10-13(12)18-15(19)14(17)11-7-3-2-4-8-11/h2-10,14H,17H2,1H3,(H,18,19)/t14-/m1/s1. The first-order valence-corrected chi connectivity index (χ1v) is 6.42. The van der Waals surface area contributed by atoms with E-state index in [9.17, 15) is 9.59 Å². The highest BCUT2D eigenvalue weighted by molar-refractivity contribution is 6.02. The fourth-order valence-corrected chi connectivity index (χ4v) is 1.90. The molecule has 0 bridgehead atoms. The van der Waals surface area contributed by atoms with Crippen molar-refractivity contribution in [1.29, 1.82) is 0 Å². The summed E-state index contributed by atoms with van der Waals surface area (Å²) in [5.74, 6) is -0.906. The van der Waals surface area contributed by atoms with E-state index < -0.39 is 17.9 Å². The van der Waals surface area contributed by atoms with Crippen molar-refractivity contribution in [3.05, 3.63) is 65.7 Å². The van der Waals surface area contributed by atoms with E-state index in [1.54, 1.807) is 36.4 Å². The molecule has 1 atom stereocenters. The monoisotopic (exact) mass is 284 g/mol. The molecule has 3 N–H and O–H groups in total. The van der Waals surface area contributed by atoms with Gasteiger partial charge >= 0.3 is 5.97 Å². The Hall–Kier alpha value is -2.66. The summed E-state index contributed by atoms with van der Waals surface area (Å²) in [6, 6.07) is 14.8. The maximum Gasteiger partial charge on any atom is 0.339 e. The number of methoxy groups -OCH3 is 1. The normalized spacial score (nSPS) is 11.5. The number of anilines is 1. The van der Waals surface area contributed by atoms with Gasteiger partial charge < -0.3 is 15.8 Å². The molecule has 1 amide bonds. The molecule has 0 fully saturated rings. The fraction of sp³-hybridized carbons (Fsp3) is 0.125. The quantitative estimate of drug-likeness (QED) is 0.842. The number of carbonyl (C=O) groups excluding carboxylic acids is 2. The molecule has 2 rings (SSSR count). The van der Waals surface area contributed by atoms with Crippen molar-refractivity contribution in [2.24, 2.45) is 5.73 Å². The summed E-state index contributed by atoms with van der Waals surface area (Å²) in [6.45, 7) is 0. The minimum absolute atomic E-state index is 0.286. The van der Waals surface area contributed by atoms with Crippen molar-refractivity contribution in [2.45, 2.75) is 6.04 Å². The Balaban J connectivity index is 2.19. The molecule has 2 aromatic rings. The Morgan fingerprint density at radius 1 is 1.05 bits per heavy atom. The molecule has 0 heterocycles. The van der Waals surface area contributed by atoms with E-state index in [-0.39, 0.29) is 5.56 Å². The maximum absolute atomic E-state index is 12.2. The molecule has 0 saturated heterocycles. The van der Waals surface area contributed by atoms with E-state index in [0.717, 1.165) is 0 Å². The van der Waals surface area contributed by atoms with Gasteiger partial charge in [-0.3, -0.25) is 4.79 Å². The molecule has 21 heavy (non-hydrogen) atoms. The molecule has 2 aromatic carbocycles. The number of carbonyl (C=O) groups is 2. The minimum Gasteiger partial charge on any atom is -0.465 e. The Labute approximate surface area is 122 Å². The van der Waals surface area contributed by atoms with Crippen molar-refractivity contribution in [3.8, 4) is 0 Å². The van der Waals surface area contributed by atoms with Crippen molar-refractivity contribution in [3.63, 3.8) is 0 Å². The van der Waals surface area contributed by atoms with Crippen LogP contribution >= 0.6 is 0 Å². The number of ether oxygens (including phenoxy) is 1. The molecular weight excluding hydrogens is 268 g/mol. The summed E-state index contributed by atoms with van der Waals surface area (Å²) in [6.07, 6.45) is 0. The molecule has 0 saturated carbocycles. The summed E-state index contributed by atoms with van der Waals surface area (Å²) in [7, 11) is 1.29. The number of nitrogens with two attached hydrogens (primary N) is 1. The second-order valence-electron chi connectivity index (χ2n) is 4.41. The van der Waals surface area contributed by atoms with E-state index in [1.165, 1.54) is 7.11 Å². The van der Waals surface area contributed by atoms with Crippen molar-refractivity contribution < 1.29 is 14.3 Å². The highest BCUT2D eigenvalue weighted by Crippen LogP contribution is 2.18. The van der Waals surface area contributed by atoms with E-state index in [1.807, 2.05) is 18.2 Å². The number of amides is 1. The van der Waals surface area contributed by atoms with Crippen LogP contribution in [0.1, 0.15) is 22.0 Å². The van der Waals surface area contributed by atoms with Gasteiger partial charge in [0.2, 0.25) is 5.91 Å². The average Bonchev–Trinajstić information content (AvgIpc) is 2.54. The number of hydrogen-bond acceptors (Lipinski definition) is 4. The molecule has 0 radical (unpaired) electrons. The summed E-state index contributed by atoms with van der Waals surface area (Å²) in [4.78, 5) is 23.8.